The van der Waals surface area contributed by atoms with E-state index in [9.17, 15) is 9.59 Å². The summed E-state index contributed by atoms with van der Waals surface area (Å²) in [7, 11) is 2.96. The fraction of sp³-hybridized carbons (Fsp3) is 0.385. The molecule has 2 heterocycles. The van der Waals surface area contributed by atoms with Gasteiger partial charge in [-0.15, -0.1) is 11.3 Å². The quantitative estimate of drug-likeness (QED) is 0.802. The van der Waals surface area contributed by atoms with E-state index in [4.69, 9.17) is 4.74 Å². The molecule has 0 aliphatic carbocycles. The summed E-state index contributed by atoms with van der Waals surface area (Å²) >= 11 is 1.51. The minimum Gasteiger partial charge on any atom is -0.464 e. The number of aromatic nitrogens is 3. The van der Waals surface area contributed by atoms with E-state index in [-0.39, 0.29) is 12.5 Å². The van der Waals surface area contributed by atoms with Crippen molar-refractivity contribution < 1.29 is 14.3 Å². The maximum absolute atomic E-state index is 11.8. The van der Waals surface area contributed by atoms with E-state index in [0.29, 0.717) is 24.1 Å². The molecule has 1 N–H and O–H groups in total. The second kappa shape index (κ2) is 6.98. The minimum atomic E-state index is -0.471. The maximum atomic E-state index is 11.8. The number of thiazole rings is 1. The van der Waals surface area contributed by atoms with Gasteiger partial charge in [-0.2, -0.15) is 5.10 Å². The van der Waals surface area contributed by atoms with Gasteiger partial charge in [-0.1, -0.05) is 0 Å². The molecular formula is C13H16N4O3S. The number of carbonyl (C=O) groups is 2. The lowest BCUT2D eigenvalue weighted by molar-refractivity contribution is -0.121. The number of aryl methyl sites for hydroxylation is 2. The van der Waals surface area contributed by atoms with Crippen molar-refractivity contribution in [1.29, 1.82) is 0 Å². The maximum Gasteiger partial charge on any atom is 0.356 e. The van der Waals surface area contributed by atoms with Crippen LogP contribution in [0, 0.1) is 0 Å². The van der Waals surface area contributed by atoms with Crippen LogP contribution in [0.5, 0.6) is 0 Å². The van der Waals surface area contributed by atoms with Crippen LogP contribution in [0.1, 0.15) is 28.2 Å². The van der Waals surface area contributed by atoms with Gasteiger partial charge in [0, 0.05) is 31.0 Å². The third kappa shape index (κ3) is 3.88. The van der Waals surface area contributed by atoms with Crippen molar-refractivity contribution in [2.24, 2.45) is 7.05 Å². The number of nitrogens with one attached hydrogen (secondary N) is 1. The SMILES string of the molecule is COC(=O)c1c(CNC(=O)CCc2cscn2)cnn1C. The molecule has 0 saturated carbocycles. The van der Waals surface area contributed by atoms with Gasteiger partial charge in [0.2, 0.25) is 5.91 Å². The summed E-state index contributed by atoms with van der Waals surface area (Å²) < 4.78 is 6.13. The first kappa shape index (κ1) is 15.2. The van der Waals surface area contributed by atoms with Crippen LogP contribution >= 0.6 is 11.3 Å². The highest BCUT2D eigenvalue weighted by Crippen LogP contribution is 2.09. The molecule has 21 heavy (non-hydrogen) atoms. The van der Waals surface area contributed by atoms with Crippen molar-refractivity contribution >= 4 is 23.2 Å². The van der Waals surface area contributed by atoms with Crippen LogP contribution in [-0.2, 0) is 29.5 Å². The summed E-state index contributed by atoms with van der Waals surface area (Å²) in [6, 6.07) is 0. The summed E-state index contributed by atoms with van der Waals surface area (Å²) in [5.74, 6) is -0.565. The van der Waals surface area contributed by atoms with E-state index in [0.717, 1.165) is 5.69 Å². The summed E-state index contributed by atoms with van der Waals surface area (Å²) in [4.78, 5) is 27.6. The van der Waals surface area contributed by atoms with Crippen molar-refractivity contribution in [2.45, 2.75) is 19.4 Å². The Kier molecular flexibility index (Phi) is 5.04. The molecule has 7 nitrogen and oxygen atoms in total. The Labute approximate surface area is 125 Å². The standard InChI is InChI=1S/C13H16N4O3S/c1-17-12(13(19)20-2)9(6-16-17)5-14-11(18)4-3-10-7-21-8-15-10/h6-8H,3-5H2,1-2H3,(H,14,18). The van der Waals surface area contributed by atoms with Crippen molar-refractivity contribution in [2.75, 3.05) is 7.11 Å². The Morgan fingerprint density at radius 2 is 2.29 bits per heavy atom. The Balaban J connectivity index is 1.88. The highest BCUT2D eigenvalue weighted by Gasteiger charge is 2.17. The van der Waals surface area contributed by atoms with Crippen molar-refractivity contribution in [3.8, 4) is 0 Å². The number of hydrogen-bond acceptors (Lipinski definition) is 6. The zero-order chi connectivity index (χ0) is 15.2. The molecule has 0 aliphatic rings. The first-order chi connectivity index (χ1) is 10.1. The number of amides is 1. The zero-order valence-corrected chi connectivity index (χ0v) is 12.6. The number of nitrogens with zero attached hydrogens (tertiary/aromatic N) is 3. The molecule has 2 aromatic heterocycles. The Morgan fingerprint density at radius 3 is 2.95 bits per heavy atom. The van der Waals surface area contributed by atoms with Crippen LogP contribution in [0.4, 0.5) is 0 Å². The Hall–Kier alpha value is -2.22. The van der Waals surface area contributed by atoms with E-state index in [2.05, 4.69) is 15.4 Å². The molecule has 2 aromatic rings. The molecule has 0 saturated heterocycles. The Bertz CT molecular complexity index is 621. The lowest BCUT2D eigenvalue weighted by Crippen LogP contribution is -2.24. The van der Waals surface area contributed by atoms with Crippen LogP contribution in [0.2, 0.25) is 0 Å². The number of ether oxygens (including phenoxy) is 1. The van der Waals surface area contributed by atoms with E-state index >= 15 is 0 Å². The lowest BCUT2D eigenvalue weighted by atomic mass is 10.2. The molecule has 0 aromatic carbocycles. The van der Waals surface area contributed by atoms with Gasteiger partial charge in [-0.3, -0.25) is 9.48 Å². The second-order valence-electron chi connectivity index (χ2n) is 4.39. The summed E-state index contributed by atoms with van der Waals surface area (Å²) in [6.07, 6.45) is 2.51. The second-order valence-corrected chi connectivity index (χ2v) is 5.11. The third-order valence-electron chi connectivity index (χ3n) is 2.96. The molecule has 0 bridgehead atoms. The first-order valence-electron chi connectivity index (χ1n) is 6.34. The predicted octanol–water partition coefficient (Wildman–Crippen LogP) is 0.912. The van der Waals surface area contributed by atoms with E-state index in [1.807, 2.05) is 5.38 Å². The molecule has 2 rings (SSSR count). The van der Waals surface area contributed by atoms with Gasteiger partial charge in [0.05, 0.1) is 24.5 Å². The van der Waals surface area contributed by atoms with Crippen LogP contribution in [0.3, 0.4) is 0 Å². The average Bonchev–Trinajstić information content (AvgIpc) is 3.11. The van der Waals surface area contributed by atoms with Crippen LogP contribution in [-0.4, -0.2) is 33.8 Å². The van der Waals surface area contributed by atoms with Gasteiger partial charge in [0.25, 0.3) is 0 Å². The fourth-order valence-electron chi connectivity index (χ4n) is 1.86. The van der Waals surface area contributed by atoms with E-state index in [1.165, 1.54) is 23.1 Å². The average molecular weight is 308 g/mol. The number of hydrogen-bond donors (Lipinski definition) is 1. The van der Waals surface area contributed by atoms with E-state index in [1.54, 1.807) is 18.8 Å². The molecule has 0 atom stereocenters. The topological polar surface area (TPSA) is 86.1 Å². The molecule has 0 spiro atoms. The molecular weight excluding hydrogens is 292 g/mol. The number of esters is 1. The van der Waals surface area contributed by atoms with Gasteiger partial charge in [-0.25, -0.2) is 9.78 Å². The normalized spacial score (nSPS) is 10.4. The largest absolute Gasteiger partial charge is 0.464 e. The van der Waals surface area contributed by atoms with Crippen LogP contribution in [0.25, 0.3) is 0 Å². The molecule has 0 radical (unpaired) electrons. The fourth-order valence-corrected chi connectivity index (χ4v) is 2.45. The molecule has 0 unspecified atom stereocenters. The van der Waals surface area contributed by atoms with Crippen molar-refractivity contribution in [1.82, 2.24) is 20.1 Å². The summed E-state index contributed by atoms with van der Waals surface area (Å²) in [6.45, 7) is 0.244. The highest BCUT2D eigenvalue weighted by molar-refractivity contribution is 7.07. The third-order valence-corrected chi connectivity index (χ3v) is 3.60. The van der Waals surface area contributed by atoms with Gasteiger partial charge in [-0.05, 0) is 6.42 Å². The predicted molar refractivity (Wildman–Crippen MR) is 76.8 cm³/mol. The van der Waals surface area contributed by atoms with Crippen molar-refractivity contribution in [3.05, 3.63) is 34.0 Å². The Morgan fingerprint density at radius 1 is 1.48 bits per heavy atom. The van der Waals surface area contributed by atoms with Gasteiger partial charge >= 0.3 is 5.97 Å². The van der Waals surface area contributed by atoms with Gasteiger partial charge in [0.15, 0.2) is 5.69 Å². The lowest BCUT2D eigenvalue weighted by Gasteiger charge is -2.06. The molecule has 1 amide bonds. The molecule has 0 fully saturated rings. The smallest absolute Gasteiger partial charge is 0.356 e. The summed E-state index contributed by atoms with van der Waals surface area (Å²) in [5.41, 5.74) is 3.63. The molecule has 0 aliphatic heterocycles. The van der Waals surface area contributed by atoms with E-state index < -0.39 is 5.97 Å². The van der Waals surface area contributed by atoms with Crippen LogP contribution in [0.15, 0.2) is 17.1 Å². The monoisotopic (exact) mass is 308 g/mol. The summed E-state index contributed by atoms with van der Waals surface area (Å²) in [5, 5.41) is 8.70. The van der Waals surface area contributed by atoms with Crippen molar-refractivity contribution in [3.63, 3.8) is 0 Å². The molecule has 8 heteroatoms. The number of carbonyl (C=O) groups excluding carboxylic acids is 2. The first-order valence-corrected chi connectivity index (χ1v) is 7.29. The highest BCUT2D eigenvalue weighted by atomic mass is 32.1. The number of methoxy groups -OCH3 is 1. The zero-order valence-electron chi connectivity index (χ0n) is 11.8. The van der Waals surface area contributed by atoms with Crippen LogP contribution < -0.4 is 5.32 Å². The van der Waals surface area contributed by atoms with Gasteiger partial charge < -0.3 is 10.1 Å². The molecule has 112 valence electrons. The minimum absolute atomic E-state index is 0.0948. The number of rotatable bonds is 6. The van der Waals surface area contributed by atoms with Gasteiger partial charge in [0.1, 0.15) is 0 Å².